The zero-order valence-corrected chi connectivity index (χ0v) is 12.7. The monoisotopic (exact) mass is 294 g/mol. The van der Waals surface area contributed by atoms with Crippen LogP contribution in [0.5, 0.6) is 0 Å². The number of carbonyl (C=O) groups is 1. The first-order valence-electron chi connectivity index (χ1n) is 7.32. The highest BCUT2D eigenvalue weighted by molar-refractivity contribution is 5.85. The second-order valence-corrected chi connectivity index (χ2v) is 5.84. The van der Waals surface area contributed by atoms with Crippen LogP contribution in [-0.4, -0.2) is 25.0 Å². The standard InChI is InChI=1S/C16H22N2O.ClH/c1-11-5-2-3-7-13(11)14-9-15(14)16(19)18-10-12-6-4-8-17-12;/h2-3,5,7,12,14-15,17H,4,6,8-10H2,1H3,(H,18,19);1H. The van der Waals surface area contributed by atoms with Crippen LogP contribution >= 0.6 is 12.4 Å². The molecule has 3 atom stereocenters. The molecule has 0 bridgehead atoms. The average Bonchev–Trinajstić information content (AvgIpc) is 3.04. The van der Waals surface area contributed by atoms with Gasteiger partial charge in [0, 0.05) is 18.5 Å². The molecule has 1 aliphatic carbocycles. The number of aryl methyl sites for hydroxylation is 1. The third kappa shape index (κ3) is 3.33. The highest BCUT2D eigenvalue weighted by Crippen LogP contribution is 2.48. The molecule has 1 saturated carbocycles. The fraction of sp³-hybridized carbons (Fsp3) is 0.562. The summed E-state index contributed by atoms with van der Waals surface area (Å²) in [6.07, 6.45) is 3.43. The molecule has 0 spiro atoms. The number of nitrogens with one attached hydrogen (secondary N) is 2. The van der Waals surface area contributed by atoms with Gasteiger partial charge in [0.1, 0.15) is 0 Å². The first kappa shape index (κ1) is 15.3. The van der Waals surface area contributed by atoms with Gasteiger partial charge in [0.25, 0.3) is 0 Å². The number of benzene rings is 1. The van der Waals surface area contributed by atoms with E-state index in [2.05, 4.69) is 41.8 Å². The molecule has 1 amide bonds. The molecular weight excluding hydrogens is 272 g/mol. The predicted molar refractivity (Wildman–Crippen MR) is 83.3 cm³/mol. The molecule has 1 saturated heterocycles. The summed E-state index contributed by atoms with van der Waals surface area (Å²) >= 11 is 0. The van der Waals surface area contributed by atoms with E-state index >= 15 is 0 Å². The summed E-state index contributed by atoms with van der Waals surface area (Å²) in [4.78, 5) is 12.1. The maximum atomic E-state index is 12.1. The van der Waals surface area contributed by atoms with Crippen molar-refractivity contribution < 1.29 is 4.79 Å². The first-order valence-corrected chi connectivity index (χ1v) is 7.32. The van der Waals surface area contributed by atoms with Gasteiger partial charge in [0.05, 0.1) is 0 Å². The molecule has 1 aromatic rings. The van der Waals surface area contributed by atoms with Crippen molar-refractivity contribution in [2.75, 3.05) is 13.1 Å². The highest BCUT2D eigenvalue weighted by Gasteiger charge is 2.44. The highest BCUT2D eigenvalue weighted by atomic mass is 35.5. The molecule has 3 unspecified atom stereocenters. The first-order chi connectivity index (χ1) is 9.25. The number of carbonyl (C=O) groups excluding carboxylic acids is 1. The Morgan fingerprint density at radius 2 is 2.20 bits per heavy atom. The minimum Gasteiger partial charge on any atom is -0.354 e. The average molecular weight is 295 g/mol. The van der Waals surface area contributed by atoms with E-state index in [1.54, 1.807) is 0 Å². The lowest BCUT2D eigenvalue weighted by atomic mass is 10.0. The fourth-order valence-electron chi connectivity index (χ4n) is 3.12. The molecule has 20 heavy (non-hydrogen) atoms. The Kier molecular flexibility index (Phi) is 5.06. The van der Waals surface area contributed by atoms with Crippen molar-refractivity contribution in [1.29, 1.82) is 0 Å². The summed E-state index contributed by atoms with van der Waals surface area (Å²) < 4.78 is 0. The van der Waals surface area contributed by atoms with Crippen LogP contribution in [0.2, 0.25) is 0 Å². The van der Waals surface area contributed by atoms with Crippen LogP contribution < -0.4 is 10.6 Å². The maximum Gasteiger partial charge on any atom is 0.223 e. The van der Waals surface area contributed by atoms with Gasteiger partial charge in [-0.25, -0.2) is 0 Å². The zero-order valence-electron chi connectivity index (χ0n) is 11.9. The molecule has 2 aliphatic rings. The van der Waals surface area contributed by atoms with E-state index in [0.29, 0.717) is 12.0 Å². The number of hydrogen-bond acceptors (Lipinski definition) is 2. The lowest BCUT2D eigenvalue weighted by Crippen LogP contribution is -2.38. The molecule has 3 rings (SSSR count). The molecule has 3 nitrogen and oxygen atoms in total. The van der Waals surface area contributed by atoms with Gasteiger partial charge in [-0.2, -0.15) is 0 Å². The van der Waals surface area contributed by atoms with Crippen LogP contribution in [-0.2, 0) is 4.79 Å². The molecule has 1 heterocycles. The molecule has 1 aromatic carbocycles. The van der Waals surface area contributed by atoms with Crippen molar-refractivity contribution in [2.24, 2.45) is 5.92 Å². The summed E-state index contributed by atoms with van der Waals surface area (Å²) in [6.45, 7) is 4.01. The van der Waals surface area contributed by atoms with E-state index in [1.807, 2.05) is 0 Å². The van der Waals surface area contributed by atoms with E-state index in [0.717, 1.165) is 19.5 Å². The van der Waals surface area contributed by atoms with Crippen molar-refractivity contribution in [2.45, 2.75) is 38.1 Å². The minimum absolute atomic E-state index is 0. The third-order valence-corrected chi connectivity index (χ3v) is 4.40. The van der Waals surface area contributed by atoms with Crippen LogP contribution in [0.15, 0.2) is 24.3 Å². The second-order valence-electron chi connectivity index (χ2n) is 5.84. The van der Waals surface area contributed by atoms with Crippen molar-refractivity contribution in [3.8, 4) is 0 Å². The fourth-order valence-corrected chi connectivity index (χ4v) is 3.12. The summed E-state index contributed by atoms with van der Waals surface area (Å²) in [5, 5.41) is 6.51. The van der Waals surface area contributed by atoms with Gasteiger partial charge in [-0.1, -0.05) is 24.3 Å². The number of hydrogen-bond donors (Lipinski definition) is 2. The Bertz CT molecular complexity index is 471. The Hall–Kier alpha value is -1.06. The van der Waals surface area contributed by atoms with Gasteiger partial charge in [-0.05, 0) is 49.8 Å². The van der Waals surface area contributed by atoms with Gasteiger partial charge in [-0.3, -0.25) is 4.79 Å². The van der Waals surface area contributed by atoms with Gasteiger partial charge in [-0.15, -0.1) is 12.4 Å². The van der Waals surface area contributed by atoms with Gasteiger partial charge in [0.15, 0.2) is 0 Å². The lowest BCUT2D eigenvalue weighted by Gasteiger charge is -2.11. The Balaban J connectivity index is 0.00000147. The van der Waals surface area contributed by atoms with Crippen LogP contribution in [0.3, 0.4) is 0 Å². The third-order valence-electron chi connectivity index (χ3n) is 4.40. The number of amides is 1. The van der Waals surface area contributed by atoms with Crippen LogP contribution in [0.1, 0.15) is 36.3 Å². The van der Waals surface area contributed by atoms with E-state index in [9.17, 15) is 4.79 Å². The largest absolute Gasteiger partial charge is 0.354 e. The molecule has 110 valence electrons. The molecule has 4 heteroatoms. The van der Waals surface area contributed by atoms with E-state index in [-0.39, 0.29) is 24.2 Å². The van der Waals surface area contributed by atoms with Crippen molar-refractivity contribution >= 4 is 18.3 Å². The van der Waals surface area contributed by atoms with Crippen LogP contribution in [0, 0.1) is 12.8 Å². The summed E-state index contributed by atoms with van der Waals surface area (Å²) in [5.41, 5.74) is 2.65. The Morgan fingerprint density at radius 1 is 1.40 bits per heavy atom. The smallest absolute Gasteiger partial charge is 0.223 e. The second kappa shape index (κ2) is 6.59. The van der Waals surface area contributed by atoms with Gasteiger partial charge in [0.2, 0.25) is 5.91 Å². The SMILES string of the molecule is Cc1ccccc1C1CC1C(=O)NCC1CCCN1.Cl. The molecule has 0 aromatic heterocycles. The van der Waals surface area contributed by atoms with E-state index in [4.69, 9.17) is 0 Å². The van der Waals surface area contributed by atoms with Crippen molar-refractivity contribution in [1.82, 2.24) is 10.6 Å². The van der Waals surface area contributed by atoms with Crippen LogP contribution in [0.4, 0.5) is 0 Å². The maximum absolute atomic E-state index is 12.1. The molecule has 1 aliphatic heterocycles. The Morgan fingerprint density at radius 3 is 2.90 bits per heavy atom. The summed E-state index contributed by atoms with van der Waals surface area (Å²) in [5.74, 6) is 0.877. The minimum atomic E-state index is 0. The number of rotatable bonds is 4. The van der Waals surface area contributed by atoms with Gasteiger partial charge >= 0.3 is 0 Å². The normalized spacial score (nSPS) is 27.8. The zero-order chi connectivity index (χ0) is 13.2. The van der Waals surface area contributed by atoms with Crippen molar-refractivity contribution in [3.05, 3.63) is 35.4 Å². The summed E-state index contributed by atoms with van der Waals surface area (Å²) in [6, 6.07) is 8.90. The molecule has 2 N–H and O–H groups in total. The van der Waals surface area contributed by atoms with Gasteiger partial charge < -0.3 is 10.6 Å². The molecular formula is C16H23ClN2O. The molecule has 0 radical (unpaired) electrons. The quantitative estimate of drug-likeness (QED) is 0.895. The predicted octanol–water partition coefficient (Wildman–Crippen LogP) is 2.39. The lowest BCUT2D eigenvalue weighted by molar-refractivity contribution is -0.122. The van der Waals surface area contributed by atoms with E-state index < -0.39 is 0 Å². The Labute approximate surface area is 126 Å². The summed E-state index contributed by atoms with van der Waals surface area (Å²) in [7, 11) is 0. The molecule has 2 fully saturated rings. The van der Waals surface area contributed by atoms with Crippen LogP contribution in [0.25, 0.3) is 0 Å². The van der Waals surface area contributed by atoms with E-state index in [1.165, 1.54) is 24.0 Å². The topological polar surface area (TPSA) is 41.1 Å². The van der Waals surface area contributed by atoms with Crippen molar-refractivity contribution in [3.63, 3.8) is 0 Å². The number of halogens is 1.